The van der Waals surface area contributed by atoms with Crippen molar-refractivity contribution < 1.29 is 9.84 Å². The highest BCUT2D eigenvalue weighted by Crippen LogP contribution is 2.17. The summed E-state index contributed by atoms with van der Waals surface area (Å²) in [5, 5.41) is 13.6. The predicted octanol–water partition coefficient (Wildman–Crippen LogP) is 1.66. The fraction of sp³-hybridized carbons (Fsp3) is 0.600. The molecule has 5 nitrogen and oxygen atoms in total. The molecule has 96 valence electrons. The number of thioether (sulfide) groups is 1. The smallest absolute Gasteiger partial charge is 0.190 e. The van der Waals surface area contributed by atoms with E-state index in [4.69, 9.17) is 16.3 Å². The van der Waals surface area contributed by atoms with Gasteiger partial charge in [0.15, 0.2) is 5.16 Å². The number of methoxy groups -OCH3 is 1. The van der Waals surface area contributed by atoms with Crippen LogP contribution < -0.4 is 5.32 Å². The molecule has 0 radical (unpaired) electrons. The Bertz CT molecular complexity index is 354. The number of aliphatic hydroxyl groups is 1. The van der Waals surface area contributed by atoms with E-state index in [1.165, 1.54) is 11.8 Å². The van der Waals surface area contributed by atoms with Gasteiger partial charge in [0.2, 0.25) is 0 Å². The van der Waals surface area contributed by atoms with Gasteiger partial charge in [0.1, 0.15) is 11.0 Å². The number of aromatic nitrogens is 2. The fourth-order valence-electron chi connectivity index (χ4n) is 1.22. The molecule has 0 aliphatic heterocycles. The van der Waals surface area contributed by atoms with Crippen molar-refractivity contribution in [2.75, 3.05) is 31.8 Å². The van der Waals surface area contributed by atoms with Crippen LogP contribution in [-0.4, -0.2) is 47.7 Å². The van der Waals surface area contributed by atoms with E-state index in [1.807, 2.05) is 6.26 Å². The molecule has 0 aromatic carbocycles. The highest BCUT2D eigenvalue weighted by atomic mass is 35.5. The second kappa shape index (κ2) is 7.71. The Hall–Kier alpha value is -0.560. The molecule has 0 saturated carbocycles. The number of hydrogen-bond donors (Lipinski definition) is 2. The molecule has 1 aromatic rings. The lowest BCUT2D eigenvalue weighted by atomic mass is 10.2. The summed E-state index contributed by atoms with van der Waals surface area (Å²) in [7, 11) is 1.56. The van der Waals surface area contributed by atoms with E-state index in [9.17, 15) is 5.11 Å². The maximum absolute atomic E-state index is 9.45. The number of halogens is 1. The zero-order valence-electron chi connectivity index (χ0n) is 9.81. The molecule has 17 heavy (non-hydrogen) atoms. The topological polar surface area (TPSA) is 67.3 Å². The molecule has 0 aliphatic carbocycles. The van der Waals surface area contributed by atoms with Gasteiger partial charge in [0.05, 0.1) is 12.7 Å². The van der Waals surface area contributed by atoms with E-state index in [2.05, 4.69) is 15.3 Å². The van der Waals surface area contributed by atoms with Gasteiger partial charge >= 0.3 is 0 Å². The summed E-state index contributed by atoms with van der Waals surface area (Å²) >= 11 is 7.28. The van der Waals surface area contributed by atoms with Crippen molar-refractivity contribution in [2.45, 2.75) is 17.7 Å². The molecule has 1 atom stereocenters. The third-order valence-corrected chi connectivity index (χ3v) is 2.74. The van der Waals surface area contributed by atoms with Gasteiger partial charge in [-0.05, 0) is 12.7 Å². The quantitative estimate of drug-likeness (QED) is 0.449. The summed E-state index contributed by atoms with van der Waals surface area (Å²) in [6, 6.07) is 1.66. The number of rotatable bonds is 7. The molecule has 1 aromatic heterocycles. The first-order valence-corrected chi connectivity index (χ1v) is 6.75. The summed E-state index contributed by atoms with van der Waals surface area (Å²) in [5.74, 6) is 0.666. The van der Waals surface area contributed by atoms with Crippen molar-refractivity contribution in [3.05, 3.63) is 11.2 Å². The van der Waals surface area contributed by atoms with Crippen LogP contribution in [0.4, 0.5) is 5.82 Å². The van der Waals surface area contributed by atoms with Crippen molar-refractivity contribution in [3.8, 4) is 0 Å². The van der Waals surface area contributed by atoms with Gasteiger partial charge in [-0.3, -0.25) is 0 Å². The Labute approximate surface area is 110 Å². The Morgan fingerprint density at radius 1 is 1.59 bits per heavy atom. The van der Waals surface area contributed by atoms with Crippen molar-refractivity contribution in [3.63, 3.8) is 0 Å². The van der Waals surface area contributed by atoms with Gasteiger partial charge < -0.3 is 15.2 Å². The number of ether oxygens (including phenoxy) is 1. The molecular formula is C10H16ClN3O2S. The third kappa shape index (κ3) is 5.54. The standard InChI is InChI=1S/C10H16ClN3O2S/c1-16-6-7(15)3-4-12-9-5-8(11)13-10(14-9)17-2/h5,7,15H,3-4,6H2,1-2H3,(H,12,13,14). The number of aliphatic hydroxyl groups excluding tert-OH is 1. The Kier molecular flexibility index (Phi) is 6.57. The van der Waals surface area contributed by atoms with Gasteiger partial charge in [-0.2, -0.15) is 0 Å². The SMILES string of the molecule is COCC(O)CCNc1cc(Cl)nc(SC)n1. The van der Waals surface area contributed by atoms with E-state index in [0.717, 1.165) is 0 Å². The molecule has 1 unspecified atom stereocenters. The molecule has 0 amide bonds. The molecule has 0 spiro atoms. The maximum atomic E-state index is 9.45. The van der Waals surface area contributed by atoms with E-state index in [1.54, 1.807) is 13.2 Å². The number of nitrogens with zero attached hydrogens (tertiary/aromatic N) is 2. The van der Waals surface area contributed by atoms with Crippen LogP contribution in [0.5, 0.6) is 0 Å². The first-order chi connectivity index (χ1) is 8.15. The molecule has 1 rings (SSSR count). The van der Waals surface area contributed by atoms with Crippen LogP contribution in [0.1, 0.15) is 6.42 Å². The second-order valence-corrected chi connectivity index (χ2v) is 4.55. The first kappa shape index (κ1) is 14.5. The molecule has 0 fully saturated rings. The number of anilines is 1. The van der Waals surface area contributed by atoms with E-state index >= 15 is 0 Å². The van der Waals surface area contributed by atoms with Crippen molar-refractivity contribution in [2.24, 2.45) is 0 Å². The van der Waals surface area contributed by atoms with Gasteiger partial charge in [-0.15, -0.1) is 0 Å². The zero-order chi connectivity index (χ0) is 12.7. The highest BCUT2D eigenvalue weighted by molar-refractivity contribution is 7.98. The largest absolute Gasteiger partial charge is 0.391 e. The zero-order valence-corrected chi connectivity index (χ0v) is 11.4. The molecule has 2 N–H and O–H groups in total. The fourth-order valence-corrected chi connectivity index (χ4v) is 1.83. The highest BCUT2D eigenvalue weighted by Gasteiger charge is 2.05. The molecule has 0 bridgehead atoms. The first-order valence-electron chi connectivity index (χ1n) is 5.15. The molecule has 7 heteroatoms. The lowest BCUT2D eigenvalue weighted by molar-refractivity contribution is 0.0615. The second-order valence-electron chi connectivity index (χ2n) is 3.39. The summed E-state index contributed by atoms with van der Waals surface area (Å²) in [5.41, 5.74) is 0. The van der Waals surface area contributed by atoms with Crippen LogP contribution in [0.2, 0.25) is 5.15 Å². The van der Waals surface area contributed by atoms with Gasteiger partial charge in [-0.1, -0.05) is 23.4 Å². The van der Waals surface area contributed by atoms with E-state index < -0.39 is 6.10 Å². The lowest BCUT2D eigenvalue weighted by Gasteiger charge is -2.10. The minimum atomic E-state index is -0.468. The Morgan fingerprint density at radius 3 is 3.00 bits per heavy atom. The van der Waals surface area contributed by atoms with Gasteiger partial charge in [-0.25, -0.2) is 9.97 Å². The average molecular weight is 278 g/mol. The summed E-state index contributed by atoms with van der Waals surface area (Å²) in [6.07, 6.45) is 2.01. The number of hydrogen-bond acceptors (Lipinski definition) is 6. The molecular weight excluding hydrogens is 262 g/mol. The monoisotopic (exact) mass is 277 g/mol. The Balaban J connectivity index is 2.43. The van der Waals surface area contributed by atoms with Crippen LogP contribution in [0.15, 0.2) is 11.2 Å². The van der Waals surface area contributed by atoms with Gasteiger partial charge in [0, 0.05) is 19.7 Å². The Morgan fingerprint density at radius 2 is 2.35 bits per heavy atom. The molecule has 0 aliphatic rings. The minimum Gasteiger partial charge on any atom is -0.391 e. The van der Waals surface area contributed by atoms with Crippen LogP contribution in [0.25, 0.3) is 0 Å². The predicted molar refractivity (Wildman–Crippen MR) is 69.8 cm³/mol. The molecule has 1 heterocycles. The summed E-state index contributed by atoms with van der Waals surface area (Å²) in [4.78, 5) is 8.27. The van der Waals surface area contributed by atoms with Crippen LogP contribution >= 0.6 is 23.4 Å². The third-order valence-electron chi connectivity index (χ3n) is 2.00. The van der Waals surface area contributed by atoms with Crippen molar-refractivity contribution in [1.29, 1.82) is 0 Å². The van der Waals surface area contributed by atoms with Crippen LogP contribution in [0, 0.1) is 0 Å². The van der Waals surface area contributed by atoms with Crippen molar-refractivity contribution in [1.82, 2.24) is 9.97 Å². The minimum absolute atomic E-state index is 0.336. The summed E-state index contributed by atoms with van der Waals surface area (Å²) < 4.78 is 4.83. The lowest BCUT2D eigenvalue weighted by Crippen LogP contribution is -2.18. The summed E-state index contributed by atoms with van der Waals surface area (Å²) in [6.45, 7) is 0.938. The van der Waals surface area contributed by atoms with Crippen LogP contribution in [0.3, 0.4) is 0 Å². The van der Waals surface area contributed by atoms with E-state index in [-0.39, 0.29) is 0 Å². The average Bonchev–Trinajstić information content (AvgIpc) is 2.28. The maximum Gasteiger partial charge on any atom is 0.190 e. The van der Waals surface area contributed by atoms with E-state index in [0.29, 0.717) is 35.7 Å². The van der Waals surface area contributed by atoms with Gasteiger partial charge in [0.25, 0.3) is 0 Å². The molecule has 0 saturated heterocycles. The normalized spacial score (nSPS) is 12.5. The number of nitrogens with one attached hydrogen (secondary N) is 1. The van der Waals surface area contributed by atoms with Crippen LogP contribution in [-0.2, 0) is 4.74 Å². The van der Waals surface area contributed by atoms with Crippen molar-refractivity contribution >= 4 is 29.2 Å².